The molecule has 6 heteroatoms. The molecule has 1 aliphatic heterocycles. The van der Waals surface area contributed by atoms with Gasteiger partial charge in [0.2, 0.25) is 18.0 Å². The highest BCUT2D eigenvalue weighted by atomic mass is 16.5. The number of phenolic OH excluding ortho intramolecular Hbond substituents is 1. The first-order valence-electron chi connectivity index (χ1n) is 7.07. The minimum atomic E-state index is -0.786. The number of benzene rings is 2. The molecule has 0 aromatic heterocycles. The van der Waals surface area contributed by atoms with Crippen molar-refractivity contribution in [2.75, 3.05) is 7.11 Å². The summed E-state index contributed by atoms with van der Waals surface area (Å²) in [6.07, 6.45) is -0.786. The lowest BCUT2D eigenvalue weighted by Crippen LogP contribution is -2.25. The number of para-hydroxylation sites is 1. The van der Waals surface area contributed by atoms with Crippen molar-refractivity contribution < 1.29 is 19.4 Å². The van der Waals surface area contributed by atoms with Gasteiger partial charge in [0.25, 0.3) is 0 Å². The normalized spacial score (nSPS) is 16.7. The average molecular weight is 312 g/mol. The number of ether oxygens (including phenoxy) is 2. The molecule has 0 aliphatic carbocycles. The Morgan fingerprint density at radius 3 is 2.52 bits per heavy atom. The van der Waals surface area contributed by atoms with Crippen LogP contribution in [0, 0.1) is 0 Å². The maximum atomic E-state index is 11.9. The van der Waals surface area contributed by atoms with E-state index in [1.165, 1.54) is 11.9 Å². The fourth-order valence-electron chi connectivity index (χ4n) is 2.32. The van der Waals surface area contributed by atoms with Gasteiger partial charge in [0.15, 0.2) is 0 Å². The molecule has 23 heavy (non-hydrogen) atoms. The number of hydrazone groups is 1. The second-order valence-corrected chi connectivity index (χ2v) is 5.03. The van der Waals surface area contributed by atoms with Crippen LogP contribution >= 0.6 is 0 Å². The first kappa shape index (κ1) is 14.9. The van der Waals surface area contributed by atoms with Crippen molar-refractivity contribution in [2.24, 2.45) is 5.10 Å². The number of carbonyl (C=O) groups is 1. The van der Waals surface area contributed by atoms with Crippen molar-refractivity contribution in [1.82, 2.24) is 5.01 Å². The van der Waals surface area contributed by atoms with Crippen LogP contribution < -0.4 is 4.74 Å². The van der Waals surface area contributed by atoms with Crippen LogP contribution in [0.4, 0.5) is 0 Å². The molecule has 0 radical (unpaired) electrons. The molecule has 1 heterocycles. The maximum absolute atomic E-state index is 11.9. The van der Waals surface area contributed by atoms with E-state index in [9.17, 15) is 9.90 Å². The lowest BCUT2D eigenvalue weighted by Gasteiger charge is -2.19. The van der Waals surface area contributed by atoms with Crippen LogP contribution in [0.1, 0.15) is 24.3 Å². The smallest absolute Gasteiger partial charge is 0.243 e. The van der Waals surface area contributed by atoms with Crippen LogP contribution in [-0.4, -0.2) is 29.0 Å². The zero-order valence-electron chi connectivity index (χ0n) is 12.8. The van der Waals surface area contributed by atoms with E-state index in [1.54, 1.807) is 55.6 Å². The topological polar surface area (TPSA) is 71.4 Å². The van der Waals surface area contributed by atoms with Crippen LogP contribution in [0.5, 0.6) is 11.5 Å². The zero-order valence-corrected chi connectivity index (χ0v) is 12.8. The van der Waals surface area contributed by atoms with Crippen LogP contribution in [-0.2, 0) is 9.53 Å². The van der Waals surface area contributed by atoms with E-state index in [-0.39, 0.29) is 11.7 Å². The number of methoxy groups -OCH3 is 1. The van der Waals surface area contributed by atoms with Gasteiger partial charge in [-0.2, -0.15) is 5.01 Å². The second-order valence-electron chi connectivity index (χ2n) is 5.03. The highest BCUT2D eigenvalue weighted by molar-refractivity contribution is 5.96. The highest BCUT2D eigenvalue weighted by Gasteiger charge is 2.34. The predicted molar refractivity (Wildman–Crippen MR) is 84.0 cm³/mol. The fourth-order valence-corrected chi connectivity index (χ4v) is 2.32. The summed E-state index contributed by atoms with van der Waals surface area (Å²) in [5.41, 5.74) is 1.20. The maximum Gasteiger partial charge on any atom is 0.243 e. The van der Waals surface area contributed by atoms with Gasteiger partial charge in [-0.05, 0) is 36.4 Å². The summed E-state index contributed by atoms with van der Waals surface area (Å²) < 4.78 is 10.9. The molecule has 0 saturated heterocycles. The van der Waals surface area contributed by atoms with Crippen molar-refractivity contribution in [2.45, 2.75) is 13.2 Å². The summed E-state index contributed by atoms with van der Waals surface area (Å²) in [5, 5.41) is 15.5. The molecule has 2 aromatic rings. The lowest BCUT2D eigenvalue weighted by atomic mass is 10.1. The van der Waals surface area contributed by atoms with Crippen LogP contribution in [0.15, 0.2) is 53.6 Å². The highest BCUT2D eigenvalue weighted by Crippen LogP contribution is 2.34. The van der Waals surface area contributed by atoms with Gasteiger partial charge in [0.1, 0.15) is 11.5 Å². The number of amides is 1. The van der Waals surface area contributed by atoms with Gasteiger partial charge in [-0.15, -0.1) is 5.10 Å². The van der Waals surface area contributed by atoms with E-state index >= 15 is 0 Å². The molecule has 0 bridgehead atoms. The van der Waals surface area contributed by atoms with Crippen molar-refractivity contribution >= 4 is 11.8 Å². The molecule has 1 aliphatic rings. The summed E-state index contributed by atoms with van der Waals surface area (Å²) in [6, 6.07) is 13.9. The summed E-state index contributed by atoms with van der Waals surface area (Å²) in [6.45, 7) is 1.40. The van der Waals surface area contributed by atoms with Crippen molar-refractivity contribution in [3.63, 3.8) is 0 Å². The van der Waals surface area contributed by atoms with Gasteiger partial charge in [-0.1, -0.05) is 12.1 Å². The van der Waals surface area contributed by atoms with E-state index in [0.29, 0.717) is 17.2 Å². The third kappa shape index (κ3) is 2.83. The van der Waals surface area contributed by atoms with Gasteiger partial charge in [0.05, 0.1) is 12.7 Å². The lowest BCUT2D eigenvalue weighted by molar-refractivity contribution is -0.135. The Balaban J connectivity index is 1.93. The average Bonchev–Trinajstić information content (AvgIpc) is 3.01. The summed E-state index contributed by atoms with van der Waals surface area (Å²) in [5.74, 6) is 0.806. The Labute approximate surface area is 133 Å². The standard InChI is InChI=1S/C17H16N2O4/c1-11(20)19-17(14-5-3-4-6-15(14)21)23-16(18-19)12-7-9-13(22-2)10-8-12/h3-10,17,21H,1-2H3/t17-/m1/s1. The molecule has 0 fully saturated rings. The molecule has 0 unspecified atom stereocenters. The molecule has 1 amide bonds. The first-order chi connectivity index (χ1) is 11.1. The van der Waals surface area contributed by atoms with E-state index in [1.807, 2.05) is 0 Å². The molecule has 6 nitrogen and oxygen atoms in total. The number of rotatable bonds is 3. The summed E-state index contributed by atoms with van der Waals surface area (Å²) in [7, 11) is 1.59. The third-order valence-electron chi connectivity index (χ3n) is 3.51. The molecule has 1 atom stereocenters. The molecule has 1 N–H and O–H groups in total. The van der Waals surface area contributed by atoms with Gasteiger partial charge < -0.3 is 14.6 Å². The molecule has 0 saturated carbocycles. The zero-order chi connectivity index (χ0) is 16.4. The van der Waals surface area contributed by atoms with E-state index in [2.05, 4.69) is 5.10 Å². The van der Waals surface area contributed by atoms with Gasteiger partial charge in [-0.3, -0.25) is 4.79 Å². The molecule has 2 aromatic carbocycles. The minimum absolute atomic E-state index is 0.0509. The number of carbonyl (C=O) groups excluding carboxylic acids is 1. The summed E-state index contributed by atoms with van der Waals surface area (Å²) in [4.78, 5) is 11.9. The summed E-state index contributed by atoms with van der Waals surface area (Å²) >= 11 is 0. The SMILES string of the molecule is COc1ccc(C2=NN(C(C)=O)[C@@H](c3ccccc3O)O2)cc1. The number of hydrogen-bond acceptors (Lipinski definition) is 5. The molecule has 118 valence electrons. The van der Waals surface area contributed by atoms with Crippen LogP contribution in [0.25, 0.3) is 0 Å². The number of phenols is 1. The van der Waals surface area contributed by atoms with E-state index in [0.717, 1.165) is 5.56 Å². The Bertz CT molecular complexity index is 755. The predicted octanol–water partition coefficient (Wildman–Crippen LogP) is 2.64. The molecule has 3 rings (SSSR count). The fraction of sp³-hybridized carbons (Fsp3) is 0.176. The Morgan fingerprint density at radius 2 is 1.91 bits per heavy atom. The number of nitrogens with zero attached hydrogens (tertiary/aromatic N) is 2. The second kappa shape index (κ2) is 6.00. The van der Waals surface area contributed by atoms with E-state index in [4.69, 9.17) is 9.47 Å². The largest absolute Gasteiger partial charge is 0.507 e. The van der Waals surface area contributed by atoms with Gasteiger partial charge in [0, 0.05) is 12.5 Å². The van der Waals surface area contributed by atoms with E-state index < -0.39 is 6.23 Å². The third-order valence-corrected chi connectivity index (χ3v) is 3.51. The van der Waals surface area contributed by atoms with Crippen molar-refractivity contribution in [3.8, 4) is 11.5 Å². The van der Waals surface area contributed by atoms with Gasteiger partial charge in [-0.25, -0.2) is 0 Å². The molecule has 0 spiro atoms. The Morgan fingerprint density at radius 1 is 1.22 bits per heavy atom. The Hall–Kier alpha value is -3.02. The first-order valence-corrected chi connectivity index (χ1v) is 7.07. The van der Waals surface area contributed by atoms with Crippen molar-refractivity contribution in [1.29, 1.82) is 0 Å². The van der Waals surface area contributed by atoms with Crippen molar-refractivity contribution in [3.05, 3.63) is 59.7 Å². The monoisotopic (exact) mass is 312 g/mol. The Kier molecular flexibility index (Phi) is 3.89. The number of hydrogen-bond donors (Lipinski definition) is 1. The van der Waals surface area contributed by atoms with Gasteiger partial charge >= 0.3 is 0 Å². The number of aromatic hydroxyl groups is 1. The minimum Gasteiger partial charge on any atom is -0.507 e. The quantitative estimate of drug-likeness (QED) is 0.946. The molecular formula is C17H16N2O4. The van der Waals surface area contributed by atoms with Crippen LogP contribution in [0.2, 0.25) is 0 Å². The van der Waals surface area contributed by atoms with Crippen LogP contribution in [0.3, 0.4) is 0 Å². The molecular weight excluding hydrogens is 296 g/mol.